The van der Waals surface area contributed by atoms with Crippen molar-refractivity contribution in [3.63, 3.8) is 0 Å². The monoisotopic (exact) mass is 231 g/mol. The lowest BCUT2D eigenvalue weighted by atomic mass is 10.2. The molecule has 0 amide bonds. The van der Waals surface area contributed by atoms with Gasteiger partial charge >= 0.3 is 0 Å². The summed E-state index contributed by atoms with van der Waals surface area (Å²) in [7, 11) is 0. The van der Waals surface area contributed by atoms with Gasteiger partial charge in [-0.3, -0.25) is 0 Å². The van der Waals surface area contributed by atoms with Crippen LogP contribution in [-0.4, -0.2) is 36.3 Å². The summed E-state index contributed by atoms with van der Waals surface area (Å²) >= 11 is 2.14. The Bertz CT molecular complexity index is 160. The van der Waals surface area contributed by atoms with E-state index in [1.807, 2.05) is 0 Å². The Morgan fingerprint density at radius 2 is 2.00 bits per heavy atom. The summed E-state index contributed by atoms with van der Waals surface area (Å²) in [5, 5.41) is 5.10. The maximum absolute atomic E-state index is 5.38. The molecule has 2 unspecified atom stereocenters. The van der Waals surface area contributed by atoms with Gasteiger partial charge in [0, 0.05) is 29.8 Å². The normalized spacial score (nSPS) is 22.6. The molecule has 3 heteroatoms. The molecule has 1 saturated heterocycles. The summed E-state index contributed by atoms with van der Waals surface area (Å²) in [5.74, 6) is 0. The minimum Gasteiger partial charge on any atom is -0.381 e. The Balaban J connectivity index is 2.17. The second-order valence-electron chi connectivity index (χ2n) is 4.40. The van der Waals surface area contributed by atoms with Crippen LogP contribution in [0.4, 0.5) is 0 Å². The third kappa shape index (κ3) is 5.23. The van der Waals surface area contributed by atoms with Gasteiger partial charge < -0.3 is 10.1 Å². The molecule has 0 aromatic heterocycles. The fourth-order valence-electron chi connectivity index (χ4n) is 1.77. The molecular weight excluding hydrogens is 206 g/mol. The van der Waals surface area contributed by atoms with E-state index in [2.05, 4.69) is 37.8 Å². The summed E-state index contributed by atoms with van der Waals surface area (Å²) in [6, 6.07) is 0.623. The topological polar surface area (TPSA) is 21.3 Å². The lowest BCUT2D eigenvalue weighted by Crippen LogP contribution is -2.36. The van der Waals surface area contributed by atoms with E-state index in [1.54, 1.807) is 0 Å². The summed E-state index contributed by atoms with van der Waals surface area (Å²) in [5.41, 5.74) is 0. The molecule has 1 aliphatic heterocycles. The quantitative estimate of drug-likeness (QED) is 0.759. The largest absolute Gasteiger partial charge is 0.381 e. The zero-order valence-corrected chi connectivity index (χ0v) is 11.1. The molecular formula is C12H25NOS. The molecule has 0 aliphatic carbocycles. The van der Waals surface area contributed by atoms with Gasteiger partial charge in [0.15, 0.2) is 0 Å². The highest BCUT2D eigenvalue weighted by atomic mass is 32.2. The number of hydrogen-bond acceptors (Lipinski definition) is 3. The average molecular weight is 231 g/mol. The van der Waals surface area contributed by atoms with Crippen LogP contribution in [0.2, 0.25) is 0 Å². The molecule has 0 spiro atoms. The zero-order valence-electron chi connectivity index (χ0n) is 10.3. The Kier molecular flexibility index (Phi) is 6.69. The van der Waals surface area contributed by atoms with Crippen molar-refractivity contribution < 1.29 is 4.74 Å². The molecule has 1 aliphatic rings. The molecule has 1 rings (SSSR count). The highest BCUT2D eigenvalue weighted by Crippen LogP contribution is 2.27. The average Bonchev–Trinajstić information content (AvgIpc) is 2.27. The first-order valence-electron chi connectivity index (χ1n) is 6.20. The van der Waals surface area contributed by atoms with Gasteiger partial charge in [-0.25, -0.2) is 0 Å². The first kappa shape index (κ1) is 13.3. The van der Waals surface area contributed by atoms with Gasteiger partial charge in [-0.15, -0.1) is 0 Å². The van der Waals surface area contributed by atoms with E-state index in [-0.39, 0.29) is 0 Å². The van der Waals surface area contributed by atoms with E-state index in [9.17, 15) is 0 Å². The maximum Gasteiger partial charge on any atom is 0.0476 e. The number of ether oxygens (including phenoxy) is 1. The lowest BCUT2D eigenvalue weighted by molar-refractivity contribution is 0.0999. The highest BCUT2D eigenvalue weighted by Gasteiger charge is 2.20. The van der Waals surface area contributed by atoms with Crippen molar-refractivity contribution in [3.8, 4) is 0 Å². The van der Waals surface area contributed by atoms with Crippen molar-refractivity contribution in [1.29, 1.82) is 0 Å². The van der Waals surface area contributed by atoms with Crippen LogP contribution in [0.25, 0.3) is 0 Å². The van der Waals surface area contributed by atoms with Gasteiger partial charge in [0.2, 0.25) is 0 Å². The summed E-state index contributed by atoms with van der Waals surface area (Å²) < 4.78 is 5.38. The van der Waals surface area contributed by atoms with Crippen LogP contribution in [0.3, 0.4) is 0 Å². The van der Waals surface area contributed by atoms with Crippen molar-refractivity contribution in [2.24, 2.45) is 0 Å². The van der Waals surface area contributed by atoms with E-state index in [0.717, 1.165) is 25.0 Å². The van der Waals surface area contributed by atoms with Crippen LogP contribution in [0.1, 0.15) is 40.0 Å². The standard InChI is InChI=1S/C12H25NOS/c1-4-7-13-10(2)11(3)15-12-5-8-14-9-6-12/h10-13H,4-9H2,1-3H3. The Morgan fingerprint density at radius 1 is 1.33 bits per heavy atom. The van der Waals surface area contributed by atoms with E-state index in [4.69, 9.17) is 4.74 Å². The van der Waals surface area contributed by atoms with Crippen molar-refractivity contribution in [2.75, 3.05) is 19.8 Å². The minimum atomic E-state index is 0.623. The third-order valence-corrected chi connectivity index (χ3v) is 4.69. The van der Waals surface area contributed by atoms with Gasteiger partial charge in [0.1, 0.15) is 0 Å². The molecule has 0 radical (unpaired) electrons. The van der Waals surface area contributed by atoms with Crippen LogP contribution in [0.15, 0.2) is 0 Å². The van der Waals surface area contributed by atoms with Gasteiger partial charge in [0.25, 0.3) is 0 Å². The molecule has 0 saturated carbocycles. The predicted molar refractivity (Wildman–Crippen MR) is 68.6 cm³/mol. The highest BCUT2D eigenvalue weighted by molar-refractivity contribution is 8.00. The van der Waals surface area contributed by atoms with Crippen LogP contribution in [0.5, 0.6) is 0 Å². The molecule has 15 heavy (non-hydrogen) atoms. The zero-order chi connectivity index (χ0) is 11.1. The second-order valence-corrected chi connectivity index (χ2v) is 6.08. The molecule has 0 aromatic rings. The van der Waals surface area contributed by atoms with Crippen molar-refractivity contribution in [1.82, 2.24) is 5.32 Å². The predicted octanol–water partition coefficient (Wildman–Crippen LogP) is 2.68. The van der Waals surface area contributed by atoms with Gasteiger partial charge in [-0.2, -0.15) is 11.8 Å². The Morgan fingerprint density at radius 3 is 2.60 bits per heavy atom. The van der Waals surface area contributed by atoms with E-state index < -0.39 is 0 Å². The second kappa shape index (κ2) is 7.53. The van der Waals surface area contributed by atoms with Crippen molar-refractivity contribution >= 4 is 11.8 Å². The summed E-state index contributed by atoms with van der Waals surface area (Å²) in [4.78, 5) is 0. The number of hydrogen-bond donors (Lipinski definition) is 1. The molecule has 2 nitrogen and oxygen atoms in total. The van der Waals surface area contributed by atoms with Crippen molar-refractivity contribution in [2.45, 2.75) is 56.6 Å². The Labute approximate surface area is 98.5 Å². The molecule has 1 fully saturated rings. The molecule has 2 atom stereocenters. The van der Waals surface area contributed by atoms with Gasteiger partial charge in [0.05, 0.1) is 0 Å². The molecule has 0 bridgehead atoms. The van der Waals surface area contributed by atoms with Gasteiger partial charge in [-0.05, 0) is 32.7 Å². The van der Waals surface area contributed by atoms with E-state index >= 15 is 0 Å². The van der Waals surface area contributed by atoms with Crippen LogP contribution < -0.4 is 5.32 Å². The van der Waals surface area contributed by atoms with Crippen LogP contribution in [-0.2, 0) is 4.74 Å². The SMILES string of the molecule is CCCNC(C)C(C)SC1CCOCC1. The fraction of sp³-hybridized carbons (Fsp3) is 1.00. The minimum absolute atomic E-state index is 0.623. The van der Waals surface area contributed by atoms with E-state index in [1.165, 1.54) is 19.3 Å². The first-order chi connectivity index (χ1) is 7.24. The van der Waals surface area contributed by atoms with Gasteiger partial charge in [-0.1, -0.05) is 13.8 Å². The molecule has 90 valence electrons. The third-order valence-electron chi connectivity index (χ3n) is 3.00. The Hall–Kier alpha value is 0.270. The molecule has 1 heterocycles. The van der Waals surface area contributed by atoms with Crippen molar-refractivity contribution in [3.05, 3.63) is 0 Å². The maximum atomic E-state index is 5.38. The fourth-order valence-corrected chi connectivity index (χ4v) is 3.18. The van der Waals surface area contributed by atoms with E-state index in [0.29, 0.717) is 11.3 Å². The number of rotatable bonds is 6. The first-order valence-corrected chi connectivity index (χ1v) is 7.15. The van der Waals surface area contributed by atoms with Crippen LogP contribution >= 0.6 is 11.8 Å². The summed E-state index contributed by atoms with van der Waals surface area (Å²) in [6.07, 6.45) is 3.68. The molecule has 0 aromatic carbocycles. The smallest absolute Gasteiger partial charge is 0.0476 e. The summed E-state index contributed by atoms with van der Waals surface area (Å²) in [6.45, 7) is 9.91. The van der Waals surface area contributed by atoms with Crippen LogP contribution in [0, 0.1) is 0 Å². The number of thioether (sulfide) groups is 1. The lowest BCUT2D eigenvalue weighted by Gasteiger charge is -2.28. The number of nitrogens with one attached hydrogen (secondary N) is 1. The molecule has 1 N–H and O–H groups in total.